The number of carbonyl (C=O) groups excluding carboxylic acids is 1. The zero-order chi connectivity index (χ0) is 18.2. The van der Waals surface area contributed by atoms with Crippen LogP contribution in [0.1, 0.15) is 59.0 Å². The van der Waals surface area contributed by atoms with Gasteiger partial charge in [0.2, 0.25) is 0 Å². The molecule has 1 saturated heterocycles. The van der Waals surface area contributed by atoms with Crippen LogP contribution in [-0.2, 0) is 19.4 Å². The lowest BCUT2D eigenvalue weighted by Crippen LogP contribution is -2.33. The molecular weight excluding hydrogens is 342 g/mol. The van der Waals surface area contributed by atoms with Crippen molar-refractivity contribution in [2.45, 2.75) is 51.0 Å². The van der Waals surface area contributed by atoms with Crippen molar-refractivity contribution in [3.63, 3.8) is 0 Å². The minimum atomic E-state index is -0.00546. The van der Waals surface area contributed by atoms with Crippen LogP contribution in [0.4, 0.5) is 0 Å². The quantitative estimate of drug-likeness (QED) is 0.843. The van der Waals surface area contributed by atoms with Gasteiger partial charge in [0.25, 0.3) is 5.91 Å². The summed E-state index contributed by atoms with van der Waals surface area (Å²) < 4.78 is 1.83. The van der Waals surface area contributed by atoms with Crippen LogP contribution in [0.15, 0.2) is 6.20 Å². The molecule has 1 amide bonds. The normalized spacial score (nSPS) is 23.1. The van der Waals surface area contributed by atoms with Crippen molar-refractivity contribution < 1.29 is 4.79 Å². The topological polar surface area (TPSA) is 91.7 Å². The SMILES string of the molecule is O=C(c1cn(CC2CCCNC2)nn1)N1CCc2[nH]nc(C3CC3)c2CC1. The van der Waals surface area contributed by atoms with Crippen LogP contribution in [0.3, 0.4) is 0 Å². The van der Waals surface area contributed by atoms with Gasteiger partial charge in [-0.25, -0.2) is 0 Å². The Bertz CT molecular complexity index is 816. The van der Waals surface area contributed by atoms with Crippen molar-refractivity contribution >= 4 is 5.91 Å². The van der Waals surface area contributed by atoms with Crippen molar-refractivity contribution in [1.82, 2.24) is 35.4 Å². The standard InChI is InChI=1S/C19H27N7O/c27-19(17-12-26(24-22-17)11-13-2-1-7-20-10-13)25-8-5-15-16(6-9-25)21-23-18(15)14-3-4-14/h12-14,20H,1-11H2,(H,21,23). The molecule has 0 bridgehead atoms. The highest BCUT2D eigenvalue weighted by Gasteiger charge is 2.32. The number of aromatic amines is 1. The summed E-state index contributed by atoms with van der Waals surface area (Å²) in [5.41, 5.74) is 4.26. The molecule has 2 aromatic heterocycles. The summed E-state index contributed by atoms with van der Waals surface area (Å²) in [7, 11) is 0. The van der Waals surface area contributed by atoms with E-state index in [1.165, 1.54) is 42.6 Å². The van der Waals surface area contributed by atoms with E-state index in [0.29, 0.717) is 24.1 Å². The highest BCUT2D eigenvalue weighted by Crippen LogP contribution is 2.41. The molecule has 2 aromatic rings. The number of H-pyrrole nitrogens is 1. The first kappa shape index (κ1) is 16.9. The third kappa shape index (κ3) is 3.50. The number of amides is 1. The maximum Gasteiger partial charge on any atom is 0.276 e. The summed E-state index contributed by atoms with van der Waals surface area (Å²) in [6.45, 7) is 4.38. The fourth-order valence-electron chi connectivity index (χ4n) is 4.40. The van der Waals surface area contributed by atoms with E-state index >= 15 is 0 Å². The van der Waals surface area contributed by atoms with Crippen molar-refractivity contribution in [1.29, 1.82) is 0 Å². The summed E-state index contributed by atoms with van der Waals surface area (Å²) in [4.78, 5) is 14.9. The van der Waals surface area contributed by atoms with Gasteiger partial charge in [-0.2, -0.15) is 5.10 Å². The Morgan fingerprint density at radius 3 is 2.93 bits per heavy atom. The molecule has 144 valence electrons. The van der Waals surface area contributed by atoms with E-state index in [0.717, 1.165) is 39.0 Å². The summed E-state index contributed by atoms with van der Waals surface area (Å²) in [5.74, 6) is 1.20. The minimum Gasteiger partial charge on any atom is -0.336 e. The fourth-order valence-corrected chi connectivity index (χ4v) is 4.40. The molecule has 5 rings (SSSR count). The van der Waals surface area contributed by atoms with E-state index in [2.05, 4.69) is 25.8 Å². The number of carbonyl (C=O) groups is 1. The molecule has 0 aromatic carbocycles. The summed E-state index contributed by atoms with van der Waals surface area (Å²) >= 11 is 0. The van der Waals surface area contributed by atoms with Crippen LogP contribution >= 0.6 is 0 Å². The Labute approximate surface area is 158 Å². The predicted molar refractivity (Wildman–Crippen MR) is 99.5 cm³/mol. The third-order valence-electron chi connectivity index (χ3n) is 6.10. The van der Waals surface area contributed by atoms with E-state index in [1.807, 2.05) is 15.8 Å². The lowest BCUT2D eigenvalue weighted by molar-refractivity contribution is 0.0756. The Balaban J connectivity index is 1.23. The van der Waals surface area contributed by atoms with Gasteiger partial charge in [0.05, 0.1) is 11.9 Å². The predicted octanol–water partition coefficient (Wildman–Crippen LogP) is 1.12. The average molecular weight is 369 g/mol. The average Bonchev–Trinajstić information content (AvgIpc) is 3.37. The van der Waals surface area contributed by atoms with Crippen molar-refractivity contribution in [3.05, 3.63) is 28.8 Å². The zero-order valence-corrected chi connectivity index (χ0v) is 15.7. The molecular formula is C19H27N7O. The number of hydrogen-bond acceptors (Lipinski definition) is 5. The number of hydrogen-bond donors (Lipinski definition) is 2. The second-order valence-corrected chi connectivity index (χ2v) is 8.17. The second kappa shape index (κ2) is 7.07. The molecule has 2 fully saturated rings. The van der Waals surface area contributed by atoms with Gasteiger partial charge in [0, 0.05) is 37.7 Å². The molecule has 0 spiro atoms. The molecule has 1 saturated carbocycles. The second-order valence-electron chi connectivity index (χ2n) is 8.17. The number of fused-ring (bicyclic) bond motifs is 1. The molecule has 0 radical (unpaired) electrons. The Kier molecular flexibility index (Phi) is 4.43. The van der Waals surface area contributed by atoms with Gasteiger partial charge in [-0.05, 0) is 56.7 Å². The molecule has 1 aliphatic carbocycles. The van der Waals surface area contributed by atoms with Crippen molar-refractivity contribution in [2.75, 3.05) is 26.2 Å². The first-order chi connectivity index (χ1) is 13.3. The first-order valence-corrected chi connectivity index (χ1v) is 10.2. The molecule has 1 unspecified atom stereocenters. The van der Waals surface area contributed by atoms with Crippen LogP contribution in [0, 0.1) is 5.92 Å². The van der Waals surface area contributed by atoms with Crippen molar-refractivity contribution in [3.8, 4) is 0 Å². The molecule has 27 heavy (non-hydrogen) atoms. The maximum atomic E-state index is 12.9. The van der Waals surface area contributed by atoms with E-state index in [9.17, 15) is 4.79 Å². The molecule has 3 aliphatic rings. The molecule has 2 aliphatic heterocycles. The van der Waals surface area contributed by atoms with E-state index < -0.39 is 0 Å². The lowest BCUT2D eigenvalue weighted by atomic mass is 10.00. The summed E-state index contributed by atoms with van der Waals surface area (Å²) in [6.07, 6.45) is 8.44. The van der Waals surface area contributed by atoms with Gasteiger partial charge >= 0.3 is 0 Å². The fraction of sp³-hybridized carbons (Fsp3) is 0.684. The number of rotatable bonds is 4. The van der Waals surface area contributed by atoms with Gasteiger partial charge in [-0.3, -0.25) is 14.6 Å². The molecule has 8 heteroatoms. The minimum absolute atomic E-state index is 0.00546. The number of nitrogens with one attached hydrogen (secondary N) is 2. The largest absolute Gasteiger partial charge is 0.336 e. The summed E-state index contributed by atoms with van der Waals surface area (Å²) in [5, 5.41) is 19.5. The Morgan fingerprint density at radius 2 is 2.11 bits per heavy atom. The van der Waals surface area contributed by atoms with E-state index in [4.69, 9.17) is 0 Å². The van der Waals surface area contributed by atoms with Crippen LogP contribution in [0.2, 0.25) is 0 Å². The number of piperidine rings is 1. The highest BCUT2D eigenvalue weighted by molar-refractivity contribution is 5.92. The van der Waals surface area contributed by atoms with Gasteiger partial charge in [-0.1, -0.05) is 5.21 Å². The molecule has 2 N–H and O–H groups in total. The Morgan fingerprint density at radius 1 is 1.22 bits per heavy atom. The van der Waals surface area contributed by atoms with Crippen LogP contribution in [0.5, 0.6) is 0 Å². The third-order valence-corrected chi connectivity index (χ3v) is 6.10. The molecule has 8 nitrogen and oxygen atoms in total. The summed E-state index contributed by atoms with van der Waals surface area (Å²) in [6, 6.07) is 0. The first-order valence-electron chi connectivity index (χ1n) is 10.2. The number of aromatic nitrogens is 5. The zero-order valence-electron chi connectivity index (χ0n) is 15.7. The smallest absolute Gasteiger partial charge is 0.276 e. The van der Waals surface area contributed by atoms with Crippen LogP contribution < -0.4 is 5.32 Å². The van der Waals surface area contributed by atoms with Gasteiger partial charge < -0.3 is 10.2 Å². The van der Waals surface area contributed by atoms with E-state index in [-0.39, 0.29) is 5.91 Å². The molecule has 1 atom stereocenters. The van der Waals surface area contributed by atoms with Crippen molar-refractivity contribution in [2.24, 2.45) is 5.92 Å². The Hall–Kier alpha value is -2.22. The molecule has 4 heterocycles. The van der Waals surface area contributed by atoms with Crippen LogP contribution in [-0.4, -0.2) is 62.2 Å². The van der Waals surface area contributed by atoms with Gasteiger partial charge in [0.15, 0.2) is 5.69 Å². The monoisotopic (exact) mass is 369 g/mol. The van der Waals surface area contributed by atoms with Crippen LogP contribution in [0.25, 0.3) is 0 Å². The van der Waals surface area contributed by atoms with Gasteiger partial charge in [-0.15, -0.1) is 5.10 Å². The van der Waals surface area contributed by atoms with Gasteiger partial charge in [0.1, 0.15) is 0 Å². The maximum absolute atomic E-state index is 12.9. The highest BCUT2D eigenvalue weighted by atomic mass is 16.2. The number of nitrogens with zero attached hydrogens (tertiary/aromatic N) is 5. The van der Waals surface area contributed by atoms with E-state index in [1.54, 1.807) is 0 Å². The lowest BCUT2D eigenvalue weighted by Gasteiger charge is -2.22.